The van der Waals surface area contributed by atoms with Gasteiger partial charge in [-0.3, -0.25) is 13.9 Å². The lowest BCUT2D eigenvalue weighted by Gasteiger charge is -2.33. The van der Waals surface area contributed by atoms with Crippen LogP contribution in [0.15, 0.2) is 72.8 Å². The third-order valence-electron chi connectivity index (χ3n) is 7.83. The normalized spacial score (nSPS) is 14.3. The van der Waals surface area contributed by atoms with Gasteiger partial charge in [0.05, 0.1) is 11.9 Å². The van der Waals surface area contributed by atoms with Crippen LogP contribution in [0.2, 0.25) is 5.02 Å². The molecule has 0 radical (unpaired) electrons. The van der Waals surface area contributed by atoms with Gasteiger partial charge in [0.1, 0.15) is 11.9 Å². The van der Waals surface area contributed by atoms with Crippen LogP contribution in [-0.4, -0.2) is 50.0 Å². The van der Waals surface area contributed by atoms with Crippen molar-refractivity contribution < 1.29 is 22.4 Å². The lowest BCUT2D eigenvalue weighted by Crippen LogP contribution is -2.52. The second-order valence-electron chi connectivity index (χ2n) is 11.2. The zero-order chi connectivity index (χ0) is 31.0. The van der Waals surface area contributed by atoms with Gasteiger partial charge < -0.3 is 10.2 Å². The number of nitrogens with zero attached hydrogens (tertiary/aromatic N) is 2. The van der Waals surface area contributed by atoms with Gasteiger partial charge in [0.2, 0.25) is 21.8 Å². The first kappa shape index (κ1) is 32.5. The van der Waals surface area contributed by atoms with Crippen molar-refractivity contribution in [3.63, 3.8) is 0 Å². The highest BCUT2D eigenvalue weighted by molar-refractivity contribution is 7.92. The Bertz CT molecular complexity index is 1500. The number of halogens is 2. The predicted octanol–water partition coefficient (Wildman–Crippen LogP) is 6.03. The summed E-state index contributed by atoms with van der Waals surface area (Å²) in [6.45, 7) is 1.97. The molecule has 0 unspecified atom stereocenters. The third kappa shape index (κ3) is 9.28. The minimum Gasteiger partial charge on any atom is -0.352 e. The highest BCUT2D eigenvalue weighted by Crippen LogP contribution is 2.27. The van der Waals surface area contributed by atoms with Crippen LogP contribution in [0.5, 0.6) is 0 Å². The van der Waals surface area contributed by atoms with Crippen LogP contribution in [0.4, 0.5) is 10.1 Å². The van der Waals surface area contributed by atoms with Crippen LogP contribution in [0.25, 0.3) is 0 Å². The van der Waals surface area contributed by atoms with Crippen molar-refractivity contribution in [3.05, 3.63) is 100 Å². The number of nitrogens with one attached hydrogen (secondary N) is 1. The molecule has 2 amide bonds. The molecule has 230 valence electrons. The number of sulfonamides is 1. The van der Waals surface area contributed by atoms with Crippen molar-refractivity contribution in [2.45, 2.75) is 70.5 Å². The van der Waals surface area contributed by atoms with Crippen LogP contribution in [0, 0.1) is 12.7 Å². The van der Waals surface area contributed by atoms with Crippen molar-refractivity contribution >= 4 is 39.1 Å². The molecule has 1 N–H and O–H groups in total. The number of aryl methyl sites for hydroxylation is 1. The molecule has 0 heterocycles. The van der Waals surface area contributed by atoms with E-state index in [0.29, 0.717) is 22.7 Å². The van der Waals surface area contributed by atoms with E-state index in [1.807, 2.05) is 30.3 Å². The van der Waals surface area contributed by atoms with Gasteiger partial charge in [0.15, 0.2) is 0 Å². The second-order valence-corrected chi connectivity index (χ2v) is 13.6. The van der Waals surface area contributed by atoms with Crippen molar-refractivity contribution in [3.8, 4) is 0 Å². The number of benzene rings is 3. The molecule has 1 saturated carbocycles. The average molecular weight is 628 g/mol. The number of carbonyl (C=O) groups excluding carboxylic acids is 2. The highest BCUT2D eigenvalue weighted by Gasteiger charge is 2.32. The highest BCUT2D eigenvalue weighted by atomic mass is 35.5. The summed E-state index contributed by atoms with van der Waals surface area (Å²) < 4.78 is 40.5. The monoisotopic (exact) mass is 627 g/mol. The smallest absolute Gasteiger partial charge is 0.243 e. The molecule has 10 heteroatoms. The number of rotatable bonds is 13. The summed E-state index contributed by atoms with van der Waals surface area (Å²) in [5.41, 5.74) is 2.80. The molecule has 3 aromatic rings. The molecule has 0 aliphatic heterocycles. The Balaban J connectivity index is 1.59. The van der Waals surface area contributed by atoms with E-state index < -0.39 is 21.9 Å². The summed E-state index contributed by atoms with van der Waals surface area (Å²) >= 11 is 6.17. The number of hydrogen-bond donors (Lipinski definition) is 1. The van der Waals surface area contributed by atoms with Gasteiger partial charge >= 0.3 is 0 Å². The molecule has 1 fully saturated rings. The largest absolute Gasteiger partial charge is 0.352 e. The minimum atomic E-state index is -3.66. The number of hydrogen-bond acceptors (Lipinski definition) is 4. The minimum absolute atomic E-state index is 0.00876. The molecule has 0 spiro atoms. The summed E-state index contributed by atoms with van der Waals surface area (Å²) in [4.78, 5) is 29.3. The van der Waals surface area contributed by atoms with Gasteiger partial charge in [-0.1, -0.05) is 73.0 Å². The molecular weight excluding hydrogens is 589 g/mol. The Labute approximate surface area is 259 Å². The van der Waals surface area contributed by atoms with Gasteiger partial charge in [-0.05, 0) is 67.1 Å². The van der Waals surface area contributed by atoms with Crippen LogP contribution in [0.3, 0.4) is 0 Å². The molecule has 0 bridgehead atoms. The average Bonchev–Trinajstić information content (AvgIpc) is 3.48. The molecular formula is C33H39ClFN3O4S. The molecule has 7 nitrogen and oxygen atoms in total. The Morgan fingerprint density at radius 1 is 1.00 bits per heavy atom. The maximum Gasteiger partial charge on any atom is 0.243 e. The molecule has 1 aliphatic rings. The quantitative estimate of drug-likeness (QED) is 0.251. The molecule has 4 rings (SSSR count). The molecule has 1 aliphatic carbocycles. The van der Waals surface area contributed by atoms with Crippen LogP contribution >= 0.6 is 11.6 Å². The molecule has 3 aromatic carbocycles. The van der Waals surface area contributed by atoms with Gasteiger partial charge in [0.25, 0.3) is 0 Å². The predicted molar refractivity (Wildman–Crippen MR) is 169 cm³/mol. The van der Waals surface area contributed by atoms with Crippen molar-refractivity contribution in [2.24, 2.45) is 0 Å². The number of amides is 2. The number of anilines is 1. The fourth-order valence-electron chi connectivity index (χ4n) is 5.54. The Morgan fingerprint density at radius 2 is 1.67 bits per heavy atom. The lowest BCUT2D eigenvalue weighted by atomic mass is 10.0. The van der Waals surface area contributed by atoms with E-state index in [4.69, 9.17) is 11.6 Å². The van der Waals surface area contributed by atoms with Crippen molar-refractivity contribution in [2.75, 3.05) is 17.1 Å². The molecule has 0 saturated heterocycles. The van der Waals surface area contributed by atoms with Crippen molar-refractivity contribution in [1.29, 1.82) is 0 Å². The zero-order valence-corrected chi connectivity index (χ0v) is 26.2. The van der Waals surface area contributed by atoms with E-state index in [-0.39, 0.29) is 43.8 Å². The SMILES string of the molecule is Cc1ccc(Cl)cc1N(CCCC(=O)N(Cc1ccc(F)cc1)[C@H](Cc1ccccc1)C(=O)NC1CCCC1)S(C)(=O)=O. The molecule has 0 aromatic heterocycles. The summed E-state index contributed by atoms with van der Waals surface area (Å²) in [6.07, 6.45) is 5.57. The first-order valence-corrected chi connectivity index (χ1v) is 16.9. The standard InChI is InChI=1S/C33H39ClFN3O4S/c1-24-14-17-27(34)22-30(24)38(43(2,41)42)20-8-13-32(39)37(23-26-15-18-28(35)19-16-26)31(21-25-9-4-3-5-10-25)33(40)36-29-11-6-7-12-29/h3-5,9-10,14-19,22,29,31H,6-8,11-13,20-21,23H2,1-2H3,(H,36,40)/t31-/m1/s1. The van der Waals surface area contributed by atoms with Crippen LogP contribution in [0.1, 0.15) is 55.2 Å². The van der Waals surface area contributed by atoms with E-state index in [9.17, 15) is 22.4 Å². The van der Waals surface area contributed by atoms with Gasteiger partial charge in [-0.25, -0.2) is 12.8 Å². The van der Waals surface area contributed by atoms with Crippen LogP contribution in [-0.2, 0) is 32.6 Å². The van der Waals surface area contributed by atoms with E-state index in [1.54, 1.807) is 42.2 Å². The van der Waals surface area contributed by atoms with E-state index in [1.165, 1.54) is 16.4 Å². The third-order valence-corrected chi connectivity index (χ3v) is 9.25. The topological polar surface area (TPSA) is 86.8 Å². The fraction of sp³-hybridized carbons (Fsp3) is 0.394. The van der Waals surface area contributed by atoms with Crippen LogP contribution < -0.4 is 9.62 Å². The number of carbonyl (C=O) groups is 2. The Morgan fingerprint density at radius 3 is 2.33 bits per heavy atom. The maximum atomic E-state index is 14.0. The summed E-state index contributed by atoms with van der Waals surface area (Å²) in [6, 6.07) is 19.7. The Hall–Kier alpha value is -3.43. The van der Waals surface area contributed by atoms with Gasteiger partial charge in [0, 0.05) is 37.0 Å². The lowest BCUT2D eigenvalue weighted by molar-refractivity contribution is -0.141. The first-order valence-electron chi connectivity index (χ1n) is 14.6. The fourth-order valence-corrected chi connectivity index (χ4v) is 6.72. The molecule has 1 atom stereocenters. The summed E-state index contributed by atoms with van der Waals surface area (Å²) in [5.74, 6) is -0.903. The van der Waals surface area contributed by atoms with Crippen molar-refractivity contribution in [1.82, 2.24) is 10.2 Å². The first-order chi connectivity index (χ1) is 20.5. The maximum absolute atomic E-state index is 14.0. The van der Waals surface area contributed by atoms with E-state index in [2.05, 4.69) is 5.32 Å². The Kier molecular flexibility index (Phi) is 11.2. The summed E-state index contributed by atoms with van der Waals surface area (Å²) in [7, 11) is -3.66. The van der Waals surface area contributed by atoms with Gasteiger partial charge in [-0.2, -0.15) is 0 Å². The molecule has 43 heavy (non-hydrogen) atoms. The zero-order valence-electron chi connectivity index (χ0n) is 24.6. The summed E-state index contributed by atoms with van der Waals surface area (Å²) in [5, 5.41) is 3.57. The van der Waals surface area contributed by atoms with E-state index in [0.717, 1.165) is 43.1 Å². The van der Waals surface area contributed by atoms with Gasteiger partial charge in [-0.15, -0.1) is 0 Å². The second kappa shape index (κ2) is 14.8. The van der Waals surface area contributed by atoms with E-state index >= 15 is 0 Å².